The molecule has 1 aromatic rings. The Kier molecular flexibility index (Phi) is 16.1. The first kappa shape index (κ1) is 28.0. The molecule has 1 aliphatic heterocycles. The molecule has 1 aliphatic rings. The van der Waals surface area contributed by atoms with Gasteiger partial charge in [-0.05, 0) is 45.9 Å². The lowest BCUT2D eigenvalue weighted by Crippen LogP contribution is -2.36. The van der Waals surface area contributed by atoms with Crippen molar-refractivity contribution in [2.45, 2.75) is 46.7 Å². The Morgan fingerprint density at radius 3 is 2.44 bits per heavy atom. The normalized spacial score (nSPS) is 16.8. The lowest BCUT2D eigenvalue weighted by molar-refractivity contribution is -0.143. The zero-order chi connectivity index (χ0) is 23.4. The minimum Gasteiger partial charge on any atom is -0.465 e. The summed E-state index contributed by atoms with van der Waals surface area (Å²) in [6, 6.07) is 0. The van der Waals surface area contributed by atoms with Crippen molar-refractivity contribution >= 4 is 11.9 Å². The van der Waals surface area contributed by atoms with E-state index >= 15 is 0 Å². The highest BCUT2D eigenvalue weighted by Gasteiger charge is 2.12. The van der Waals surface area contributed by atoms with Gasteiger partial charge in [0.2, 0.25) is 5.91 Å². The predicted octanol–water partition coefficient (Wildman–Crippen LogP) is -0.652. The molecule has 184 valence electrons. The molecular weight excluding hydrogens is 412 g/mol. The molecule has 11 heteroatoms. The van der Waals surface area contributed by atoms with Gasteiger partial charge >= 0.3 is 5.97 Å². The van der Waals surface area contributed by atoms with E-state index in [1.807, 2.05) is 13.8 Å². The maximum atomic E-state index is 12.0. The van der Waals surface area contributed by atoms with Crippen LogP contribution < -0.4 is 21.3 Å². The van der Waals surface area contributed by atoms with Gasteiger partial charge in [0.1, 0.15) is 13.1 Å². The Bertz CT molecular complexity index is 612. The van der Waals surface area contributed by atoms with Crippen molar-refractivity contribution in [3.63, 3.8) is 0 Å². The molecule has 11 nitrogen and oxygen atoms in total. The van der Waals surface area contributed by atoms with Crippen LogP contribution in [0.4, 0.5) is 0 Å². The standard InChI is InChI=1S/C19H36N8O3.C2H6/c1-2-30-19(29)13-23-18(28)16-27-15-17(24-25-27)14-26-11-4-7-21-9-8-20-5-3-6-22-10-12-26;1-2/h15,20-22H,2-14,16H2,1H3,(H,23,28);1-2H3. The number of nitrogens with one attached hydrogen (secondary N) is 4. The minimum atomic E-state index is -0.453. The van der Waals surface area contributed by atoms with Crippen molar-refractivity contribution in [3.05, 3.63) is 11.9 Å². The number of carbonyl (C=O) groups is 2. The number of rotatable bonds is 7. The fourth-order valence-corrected chi connectivity index (χ4v) is 3.13. The Morgan fingerprint density at radius 2 is 1.72 bits per heavy atom. The molecule has 0 aliphatic carbocycles. The van der Waals surface area contributed by atoms with Gasteiger partial charge in [0.15, 0.2) is 0 Å². The smallest absolute Gasteiger partial charge is 0.325 e. The lowest BCUT2D eigenvalue weighted by Gasteiger charge is -2.22. The summed E-state index contributed by atoms with van der Waals surface area (Å²) in [6.45, 7) is 14.4. The van der Waals surface area contributed by atoms with Crippen molar-refractivity contribution in [3.8, 4) is 0 Å². The molecule has 0 radical (unpaired) electrons. The predicted molar refractivity (Wildman–Crippen MR) is 124 cm³/mol. The maximum absolute atomic E-state index is 12.0. The summed E-state index contributed by atoms with van der Waals surface area (Å²) >= 11 is 0. The van der Waals surface area contributed by atoms with Crippen LogP contribution in [0.2, 0.25) is 0 Å². The number of esters is 1. The van der Waals surface area contributed by atoms with Gasteiger partial charge in [-0.15, -0.1) is 5.10 Å². The monoisotopic (exact) mass is 454 g/mol. The quantitative estimate of drug-likeness (QED) is 0.398. The topological polar surface area (TPSA) is 125 Å². The molecule has 1 saturated heterocycles. The molecule has 0 atom stereocenters. The molecule has 2 heterocycles. The zero-order valence-electron chi connectivity index (χ0n) is 20.0. The van der Waals surface area contributed by atoms with Gasteiger partial charge in [-0.3, -0.25) is 14.5 Å². The molecule has 1 fully saturated rings. The van der Waals surface area contributed by atoms with E-state index in [2.05, 4.69) is 36.5 Å². The molecule has 0 unspecified atom stereocenters. The van der Waals surface area contributed by atoms with Crippen LogP contribution >= 0.6 is 0 Å². The van der Waals surface area contributed by atoms with E-state index < -0.39 is 5.97 Å². The fraction of sp³-hybridized carbons (Fsp3) is 0.810. The van der Waals surface area contributed by atoms with Gasteiger partial charge in [0.05, 0.1) is 18.5 Å². The Labute approximate surface area is 192 Å². The number of hydrogen-bond acceptors (Lipinski definition) is 9. The molecule has 0 spiro atoms. The molecule has 4 N–H and O–H groups in total. The van der Waals surface area contributed by atoms with Gasteiger partial charge in [0.25, 0.3) is 0 Å². The average Bonchev–Trinajstić information content (AvgIpc) is 3.23. The van der Waals surface area contributed by atoms with E-state index in [-0.39, 0.29) is 19.0 Å². The van der Waals surface area contributed by atoms with E-state index in [1.165, 1.54) is 4.68 Å². The van der Waals surface area contributed by atoms with Gasteiger partial charge < -0.3 is 26.0 Å². The van der Waals surface area contributed by atoms with Crippen LogP contribution in [0.3, 0.4) is 0 Å². The maximum Gasteiger partial charge on any atom is 0.325 e. The Morgan fingerprint density at radius 1 is 1.03 bits per heavy atom. The number of carbonyl (C=O) groups excluding carboxylic acids is 2. The molecule has 1 aromatic heterocycles. The SMILES string of the molecule is CC.CCOC(=O)CNC(=O)Cn1cc(CN2CCCNCCNCCCNCC2)nn1. The van der Waals surface area contributed by atoms with Crippen molar-refractivity contribution in [1.82, 2.24) is 41.2 Å². The number of amides is 1. The van der Waals surface area contributed by atoms with Crippen molar-refractivity contribution in [2.75, 3.05) is 65.5 Å². The van der Waals surface area contributed by atoms with Crippen LogP contribution in [-0.2, 0) is 27.4 Å². The molecule has 1 amide bonds. The van der Waals surface area contributed by atoms with Crippen LogP contribution in [0.25, 0.3) is 0 Å². The van der Waals surface area contributed by atoms with Crippen molar-refractivity contribution in [1.29, 1.82) is 0 Å². The highest BCUT2D eigenvalue weighted by Crippen LogP contribution is 2.02. The first-order valence-electron chi connectivity index (χ1n) is 11.8. The van der Waals surface area contributed by atoms with Gasteiger partial charge in [0, 0.05) is 32.7 Å². The van der Waals surface area contributed by atoms with Crippen molar-refractivity contribution < 1.29 is 14.3 Å². The Hall–Kier alpha value is -2.08. The first-order chi connectivity index (χ1) is 15.7. The van der Waals surface area contributed by atoms with E-state index in [9.17, 15) is 9.59 Å². The highest BCUT2D eigenvalue weighted by atomic mass is 16.5. The summed E-state index contributed by atoms with van der Waals surface area (Å²) < 4.78 is 6.28. The first-order valence-corrected chi connectivity index (χ1v) is 11.8. The molecule has 32 heavy (non-hydrogen) atoms. The van der Waals surface area contributed by atoms with E-state index in [0.29, 0.717) is 13.2 Å². The second kappa shape index (κ2) is 18.5. The summed E-state index contributed by atoms with van der Waals surface area (Å²) in [5.74, 6) is -0.756. The lowest BCUT2D eigenvalue weighted by atomic mass is 10.3. The molecular formula is C21H42N8O3. The van der Waals surface area contributed by atoms with Gasteiger partial charge in [-0.1, -0.05) is 19.1 Å². The van der Waals surface area contributed by atoms with Gasteiger partial charge in [-0.25, -0.2) is 4.68 Å². The number of aromatic nitrogens is 3. The second-order valence-corrected chi connectivity index (χ2v) is 7.22. The molecule has 0 saturated carbocycles. The third-order valence-corrected chi connectivity index (χ3v) is 4.63. The second-order valence-electron chi connectivity index (χ2n) is 7.22. The van der Waals surface area contributed by atoms with Crippen LogP contribution in [0.15, 0.2) is 6.20 Å². The van der Waals surface area contributed by atoms with Crippen molar-refractivity contribution in [2.24, 2.45) is 0 Å². The summed E-state index contributed by atoms with van der Waals surface area (Å²) in [7, 11) is 0. The molecule has 2 rings (SSSR count). The van der Waals surface area contributed by atoms with E-state index in [4.69, 9.17) is 4.74 Å². The summed E-state index contributed by atoms with van der Waals surface area (Å²) in [6.07, 6.45) is 3.96. The number of nitrogens with zero attached hydrogens (tertiary/aromatic N) is 4. The summed E-state index contributed by atoms with van der Waals surface area (Å²) in [5, 5.41) is 21.1. The number of ether oxygens (including phenoxy) is 1. The van der Waals surface area contributed by atoms with Gasteiger partial charge in [-0.2, -0.15) is 0 Å². The molecule has 0 bridgehead atoms. The zero-order valence-corrected chi connectivity index (χ0v) is 20.0. The van der Waals surface area contributed by atoms with Crippen LogP contribution in [-0.4, -0.2) is 97.3 Å². The molecule has 0 aromatic carbocycles. The third kappa shape index (κ3) is 13.4. The largest absolute Gasteiger partial charge is 0.465 e. The van der Waals surface area contributed by atoms with E-state index in [0.717, 1.165) is 70.9 Å². The fourth-order valence-electron chi connectivity index (χ4n) is 3.13. The van der Waals surface area contributed by atoms with E-state index in [1.54, 1.807) is 13.1 Å². The Balaban J connectivity index is 0.00000249. The average molecular weight is 455 g/mol. The minimum absolute atomic E-state index is 0.0198. The summed E-state index contributed by atoms with van der Waals surface area (Å²) in [4.78, 5) is 25.6. The number of hydrogen-bond donors (Lipinski definition) is 4. The summed E-state index contributed by atoms with van der Waals surface area (Å²) in [5.41, 5.74) is 0.825. The highest BCUT2D eigenvalue weighted by molar-refractivity contribution is 5.81. The third-order valence-electron chi connectivity index (χ3n) is 4.63. The van der Waals surface area contributed by atoms with Crippen LogP contribution in [0, 0.1) is 0 Å². The van der Waals surface area contributed by atoms with Crippen LogP contribution in [0.5, 0.6) is 0 Å². The van der Waals surface area contributed by atoms with Crippen LogP contribution in [0.1, 0.15) is 39.3 Å².